The second kappa shape index (κ2) is 8.89. The fourth-order valence-electron chi connectivity index (χ4n) is 3.89. The third kappa shape index (κ3) is 4.32. The molecule has 0 bridgehead atoms. The number of nitrogens with one attached hydrogen (secondary N) is 1. The molecular weight excluding hydrogens is 410 g/mol. The lowest BCUT2D eigenvalue weighted by atomic mass is 10.0. The smallest absolute Gasteiger partial charge is 0.337 e. The lowest BCUT2D eigenvalue weighted by Gasteiger charge is -2.27. The average molecular weight is 436 g/mol. The third-order valence-electron chi connectivity index (χ3n) is 5.25. The largest absolute Gasteiger partial charge is 0.465 e. The highest BCUT2D eigenvalue weighted by Gasteiger charge is 2.41. The maximum Gasteiger partial charge on any atom is 0.337 e. The zero-order valence-electron chi connectivity index (χ0n) is 17.7. The summed E-state index contributed by atoms with van der Waals surface area (Å²) in [5, 5.41) is 4.12. The molecular formula is C24H25N3O3S. The lowest BCUT2D eigenvalue weighted by molar-refractivity contribution is 0.0601. The molecule has 4 rings (SSSR count). The number of benzene rings is 1. The van der Waals surface area contributed by atoms with Gasteiger partial charge in [0.05, 0.1) is 24.4 Å². The van der Waals surface area contributed by atoms with E-state index in [0.717, 1.165) is 23.6 Å². The van der Waals surface area contributed by atoms with E-state index in [2.05, 4.69) is 29.0 Å². The molecule has 3 aromatic rings. The number of ether oxygens (including phenoxy) is 1. The van der Waals surface area contributed by atoms with Crippen molar-refractivity contribution in [3.63, 3.8) is 0 Å². The SMILES string of the molecule is COC(=O)c1cccc(-c2ccc([C@H]3[C@@H](c4ccccn4)NC(=S)N3CC(C)C)o2)c1. The van der Waals surface area contributed by atoms with Crippen LogP contribution in [0.25, 0.3) is 11.3 Å². The van der Waals surface area contributed by atoms with Crippen molar-refractivity contribution in [3.05, 3.63) is 77.8 Å². The standard InChI is InChI=1S/C24H25N3O3S/c1-15(2)14-27-22(21(26-24(27)31)18-9-4-5-12-25-18)20-11-10-19(30-20)16-7-6-8-17(13-16)23(28)29-3/h4-13,15,21-22H,14H2,1-3H3,(H,26,31)/t21-,22+/m1/s1. The Bertz CT molecular complexity index is 1080. The van der Waals surface area contributed by atoms with Crippen LogP contribution in [0.15, 0.2) is 65.2 Å². The number of hydrogen-bond acceptors (Lipinski definition) is 5. The molecule has 7 heteroatoms. The van der Waals surface area contributed by atoms with Crippen LogP contribution < -0.4 is 5.32 Å². The molecule has 0 saturated carbocycles. The van der Waals surface area contributed by atoms with Crippen LogP contribution in [0.3, 0.4) is 0 Å². The molecule has 1 N–H and O–H groups in total. The average Bonchev–Trinajstić information content (AvgIpc) is 3.39. The van der Waals surface area contributed by atoms with E-state index in [1.807, 2.05) is 42.5 Å². The summed E-state index contributed by atoms with van der Waals surface area (Å²) in [7, 11) is 1.37. The number of hydrogen-bond donors (Lipinski definition) is 1. The molecule has 1 aliphatic heterocycles. The summed E-state index contributed by atoms with van der Waals surface area (Å²) in [5.41, 5.74) is 2.20. The van der Waals surface area contributed by atoms with Crippen molar-refractivity contribution in [1.82, 2.24) is 15.2 Å². The fourth-order valence-corrected chi connectivity index (χ4v) is 4.20. The van der Waals surface area contributed by atoms with Gasteiger partial charge in [0.25, 0.3) is 0 Å². The van der Waals surface area contributed by atoms with E-state index in [1.165, 1.54) is 7.11 Å². The minimum Gasteiger partial charge on any atom is -0.465 e. The van der Waals surface area contributed by atoms with Crippen LogP contribution >= 0.6 is 12.2 Å². The van der Waals surface area contributed by atoms with Gasteiger partial charge in [0.1, 0.15) is 17.6 Å². The van der Waals surface area contributed by atoms with E-state index in [1.54, 1.807) is 18.3 Å². The van der Waals surface area contributed by atoms with Gasteiger partial charge in [0, 0.05) is 18.3 Å². The minimum atomic E-state index is -0.378. The van der Waals surface area contributed by atoms with Crippen LogP contribution in [0.4, 0.5) is 0 Å². The number of thiocarbonyl (C=S) groups is 1. The monoisotopic (exact) mass is 435 g/mol. The van der Waals surface area contributed by atoms with E-state index < -0.39 is 0 Å². The van der Waals surface area contributed by atoms with Crippen molar-refractivity contribution in [2.45, 2.75) is 25.9 Å². The Morgan fingerprint density at radius 1 is 1.23 bits per heavy atom. The number of aromatic nitrogens is 1. The molecule has 31 heavy (non-hydrogen) atoms. The summed E-state index contributed by atoms with van der Waals surface area (Å²) in [5.74, 6) is 1.53. The Morgan fingerprint density at radius 2 is 2.06 bits per heavy atom. The summed E-state index contributed by atoms with van der Waals surface area (Å²) >= 11 is 5.67. The molecule has 0 spiro atoms. The van der Waals surface area contributed by atoms with E-state index >= 15 is 0 Å². The van der Waals surface area contributed by atoms with Gasteiger partial charge in [-0.05, 0) is 54.5 Å². The first kappa shape index (κ1) is 21.1. The van der Waals surface area contributed by atoms with Gasteiger partial charge in [0.15, 0.2) is 5.11 Å². The van der Waals surface area contributed by atoms with Crippen LogP contribution in [-0.4, -0.2) is 34.6 Å². The van der Waals surface area contributed by atoms with Gasteiger partial charge < -0.3 is 19.4 Å². The number of esters is 1. The van der Waals surface area contributed by atoms with Crippen LogP contribution in [0, 0.1) is 5.92 Å². The number of carbonyl (C=O) groups is 1. The molecule has 3 heterocycles. The highest BCUT2D eigenvalue weighted by molar-refractivity contribution is 7.80. The second-order valence-electron chi connectivity index (χ2n) is 7.95. The molecule has 0 aliphatic carbocycles. The van der Waals surface area contributed by atoms with Crippen molar-refractivity contribution in [2.75, 3.05) is 13.7 Å². The maximum absolute atomic E-state index is 11.9. The predicted molar refractivity (Wildman–Crippen MR) is 122 cm³/mol. The molecule has 1 aliphatic rings. The second-order valence-corrected chi connectivity index (χ2v) is 8.33. The summed E-state index contributed by atoms with van der Waals surface area (Å²) in [4.78, 5) is 18.6. The van der Waals surface area contributed by atoms with E-state index in [9.17, 15) is 4.79 Å². The zero-order valence-corrected chi connectivity index (χ0v) is 18.6. The first-order valence-electron chi connectivity index (χ1n) is 10.2. The number of rotatable bonds is 6. The lowest BCUT2D eigenvalue weighted by Crippen LogP contribution is -2.32. The number of furan rings is 1. The number of carbonyl (C=O) groups excluding carboxylic acids is 1. The van der Waals surface area contributed by atoms with Gasteiger partial charge in [-0.3, -0.25) is 4.98 Å². The van der Waals surface area contributed by atoms with Gasteiger partial charge in [0.2, 0.25) is 0 Å². The predicted octanol–water partition coefficient (Wildman–Crippen LogP) is 4.76. The Labute approximate surface area is 187 Å². The van der Waals surface area contributed by atoms with Crippen LogP contribution in [-0.2, 0) is 4.74 Å². The zero-order chi connectivity index (χ0) is 22.0. The van der Waals surface area contributed by atoms with Crippen molar-refractivity contribution < 1.29 is 13.9 Å². The number of methoxy groups -OCH3 is 1. The topological polar surface area (TPSA) is 67.6 Å². The number of pyridine rings is 1. The van der Waals surface area contributed by atoms with Crippen LogP contribution in [0.5, 0.6) is 0 Å². The molecule has 0 amide bonds. The number of nitrogens with zero attached hydrogens (tertiary/aromatic N) is 2. The van der Waals surface area contributed by atoms with E-state index in [0.29, 0.717) is 22.4 Å². The summed E-state index contributed by atoms with van der Waals surface area (Å²) in [6.07, 6.45) is 1.79. The molecule has 0 radical (unpaired) electrons. The molecule has 1 fully saturated rings. The van der Waals surface area contributed by atoms with Crippen molar-refractivity contribution in [1.29, 1.82) is 0 Å². The quantitative estimate of drug-likeness (QED) is 0.442. The summed E-state index contributed by atoms with van der Waals surface area (Å²) in [6.45, 7) is 5.13. The summed E-state index contributed by atoms with van der Waals surface area (Å²) in [6, 6.07) is 16.8. The van der Waals surface area contributed by atoms with E-state index in [4.69, 9.17) is 21.4 Å². The molecule has 0 unspecified atom stereocenters. The van der Waals surface area contributed by atoms with Gasteiger partial charge in [-0.25, -0.2) is 4.79 Å². The molecule has 2 aromatic heterocycles. The Kier molecular flexibility index (Phi) is 6.04. The highest BCUT2D eigenvalue weighted by Crippen LogP contribution is 2.40. The van der Waals surface area contributed by atoms with Gasteiger partial charge in [-0.15, -0.1) is 0 Å². The van der Waals surface area contributed by atoms with Crippen molar-refractivity contribution in [2.24, 2.45) is 5.92 Å². The molecule has 1 aromatic carbocycles. The van der Waals surface area contributed by atoms with Gasteiger partial charge >= 0.3 is 5.97 Å². The highest BCUT2D eigenvalue weighted by atomic mass is 32.1. The molecule has 1 saturated heterocycles. The third-order valence-corrected chi connectivity index (χ3v) is 5.60. The fraction of sp³-hybridized carbons (Fsp3) is 0.292. The van der Waals surface area contributed by atoms with Gasteiger partial charge in [-0.2, -0.15) is 0 Å². The van der Waals surface area contributed by atoms with Crippen molar-refractivity contribution >= 4 is 23.3 Å². The van der Waals surface area contributed by atoms with Gasteiger partial charge in [-0.1, -0.05) is 32.0 Å². The normalized spacial score (nSPS) is 18.3. The molecule has 2 atom stereocenters. The van der Waals surface area contributed by atoms with Crippen LogP contribution in [0.2, 0.25) is 0 Å². The first-order valence-corrected chi connectivity index (χ1v) is 10.6. The Hall–Kier alpha value is -3.19. The Balaban J connectivity index is 1.71. The van der Waals surface area contributed by atoms with Crippen LogP contribution in [0.1, 0.15) is 47.7 Å². The molecule has 160 valence electrons. The first-order chi connectivity index (χ1) is 15.0. The Morgan fingerprint density at radius 3 is 2.77 bits per heavy atom. The summed E-state index contributed by atoms with van der Waals surface area (Å²) < 4.78 is 11.1. The maximum atomic E-state index is 11.9. The molecule has 6 nitrogen and oxygen atoms in total. The van der Waals surface area contributed by atoms with E-state index in [-0.39, 0.29) is 18.1 Å². The van der Waals surface area contributed by atoms with Crippen molar-refractivity contribution in [3.8, 4) is 11.3 Å². The minimum absolute atomic E-state index is 0.118.